The minimum Gasteiger partial charge on any atom is -0.480 e. The van der Waals surface area contributed by atoms with Gasteiger partial charge in [-0.25, -0.2) is 4.79 Å². The SMILES string of the molecule is CC(=O)NC(CN(C)Cc1ccc(C)cc1)C(=O)O. The van der Waals surface area contributed by atoms with Crippen LogP contribution in [-0.4, -0.2) is 41.5 Å². The lowest BCUT2D eigenvalue weighted by Crippen LogP contribution is -2.46. The Morgan fingerprint density at radius 3 is 2.37 bits per heavy atom. The first-order chi connectivity index (χ1) is 8.88. The van der Waals surface area contributed by atoms with E-state index >= 15 is 0 Å². The number of carboxylic acid groups (broad SMARTS) is 1. The predicted molar refractivity (Wildman–Crippen MR) is 72.8 cm³/mol. The molecule has 0 fully saturated rings. The number of carbonyl (C=O) groups is 2. The van der Waals surface area contributed by atoms with Crippen LogP contribution in [0.2, 0.25) is 0 Å². The second-order valence-electron chi connectivity index (χ2n) is 4.77. The molecule has 0 saturated heterocycles. The zero-order valence-electron chi connectivity index (χ0n) is 11.5. The summed E-state index contributed by atoms with van der Waals surface area (Å²) in [7, 11) is 1.83. The Morgan fingerprint density at radius 1 is 1.32 bits per heavy atom. The monoisotopic (exact) mass is 264 g/mol. The molecule has 0 bridgehead atoms. The Kier molecular flexibility index (Phi) is 5.51. The van der Waals surface area contributed by atoms with Crippen LogP contribution in [0.3, 0.4) is 0 Å². The molecule has 0 aliphatic rings. The van der Waals surface area contributed by atoms with Gasteiger partial charge in [0.25, 0.3) is 0 Å². The van der Waals surface area contributed by atoms with Crippen LogP contribution in [0.15, 0.2) is 24.3 Å². The number of aryl methyl sites for hydroxylation is 1. The van der Waals surface area contributed by atoms with Crippen LogP contribution in [0.4, 0.5) is 0 Å². The molecule has 2 N–H and O–H groups in total. The van der Waals surface area contributed by atoms with Crippen LogP contribution in [-0.2, 0) is 16.1 Å². The molecule has 0 saturated carbocycles. The standard InChI is InChI=1S/C14H20N2O3/c1-10-4-6-12(7-5-10)8-16(3)9-13(14(18)19)15-11(2)17/h4-7,13H,8-9H2,1-3H3,(H,15,17)(H,18,19). The van der Waals surface area contributed by atoms with Crippen LogP contribution in [0.1, 0.15) is 18.1 Å². The summed E-state index contributed by atoms with van der Waals surface area (Å²) >= 11 is 0. The molecule has 5 heteroatoms. The third kappa shape index (κ3) is 5.52. The van der Waals surface area contributed by atoms with Crippen molar-refractivity contribution >= 4 is 11.9 Å². The van der Waals surface area contributed by atoms with Crippen molar-refractivity contribution in [3.63, 3.8) is 0 Å². The molecule has 5 nitrogen and oxygen atoms in total. The molecule has 0 spiro atoms. The molecule has 104 valence electrons. The van der Waals surface area contributed by atoms with Gasteiger partial charge in [-0.2, -0.15) is 0 Å². The molecule has 1 rings (SSSR count). The van der Waals surface area contributed by atoms with Crippen LogP contribution >= 0.6 is 0 Å². The summed E-state index contributed by atoms with van der Waals surface area (Å²) in [6, 6.07) is 7.19. The number of carboxylic acids is 1. The van der Waals surface area contributed by atoms with Crippen molar-refractivity contribution in [2.24, 2.45) is 0 Å². The van der Waals surface area contributed by atoms with E-state index in [9.17, 15) is 9.59 Å². The first kappa shape index (κ1) is 15.2. The zero-order valence-corrected chi connectivity index (χ0v) is 11.5. The Morgan fingerprint density at radius 2 is 1.89 bits per heavy atom. The molecule has 1 unspecified atom stereocenters. The van der Waals surface area contributed by atoms with Crippen LogP contribution < -0.4 is 5.32 Å². The third-order valence-corrected chi connectivity index (χ3v) is 2.74. The lowest BCUT2D eigenvalue weighted by atomic mass is 10.1. The van der Waals surface area contributed by atoms with Crippen LogP contribution in [0.25, 0.3) is 0 Å². The zero-order chi connectivity index (χ0) is 14.4. The molecule has 1 aromatic carbocycles. The minimum atomic E-state index is -1.02. The number of amides is 1. The molecule has 1 amide bonds. The van der Waals surface area contributed by atoms with E-state index in [1.807, 2.05) is 43.1 Å². The molecule has 0 radical (unpaired) electrons. The summed E-state index contributed by atoms with van der Waals surface area (Å²) in [6.07, 6.45) is 0. The van der Waals surface area contributed by atoms with E-state index in [-0.39, 0.29) is 12.5 Å². The highest BCUT2D eigenvalue weighted by Gasteiger charge is 2.20. The van der Waals surface area contributed by atoms with Gasteiger partial charge >= 0.3 is 5.97 Å². The first-order valence-electron chi connectivity index (χ1n) is 6.12. The Bertz CT molecular complexity index is 443. The average molecular weight is 264 g/mol. The number of nitrogens with zero attached hydrogens (tertiary/aromatic N) is 1. The fraction of sp³-hybridized carbons (Fsp3) is 0.429. The lowest BCUT2D eigenvalue weighted by Gasteiger charge is -2.21. The van der Waals surface area contributed by atoms with Gasteiger partial charge in [-0.3, -0.25) is 9.69 Å². The Hall–Kier alpha value is -1.88. The van der Waals surface area contributed by atoms with Gasteiger partial charge in [0, 0.05) is 20.0 Å². The summed E-state index contributed by atoms with van der Waals surface area (Å²) in [5.74, 6) is -1.36. The molecule has 0 aliphatic heterocycles. The van der Waals surface area contributed by atoms with E-state index in [0.29, 0.717) is 6.54 Å². The molecule has 1 atom stereocenters. The number of hydrogen-bond donors (Lipinski definition) is 2. The predicted octanol–water partition coefficient (Wildman–Crippen LogP) is 1.02. The number of rotatable bonds is 6. The normalized spacial score (nSPS) is 12.2. The second kappa shape index (κ2) is 6.89. The average Bonchev–Trinajstić information content (AvgIpc) is 2.30. The van der Waals surface area contributed by atoms with E-state index in [4.69, 9.17) is 5.11 Å². The summed E-state index contributed by atoms with van der Waals surface area (Å²) in [5, 5.41) is 11.5. The van der Waals surface area contributed by atoms with Crippen molar-refractivity contribution in [1.82, 2.24) is 10.2 Å². The number of hydrogen-bond acceptors (Lipinski definition) is 3. The lowest BCUT2D eigenvalue weighted by molar-refractivity contribution is -0.142. The minimum absolute atomic E-state index is 0.267. The maximum Gasteiger partial charge on any atom is 0.327 e. The van der Waals surface area contributed by atoms with Gasteiger partial charge in [0.2, 0.25) is 5.91 Å². The van der Waals surface area contributed by atoms with Gasteiger partial charge in [0.1, 0.15) is 6.04 Å². The smallest absolute Gasteiger partial charge is 0.327 e. The number of likely N-dealkylation sites (N-methyl/N-ethyl adjacent to an activating group) is 1. The van der Waals surface area contributed by atoms with E-state index in [1.54, 1.807) is 0 Å². The van der Waals surface area contributed by atoms with Crippen LogP contribution in [0, 0.1) is 6.92 Å². The van der Waals surface area contributed by atoms with Gasteiger partial charge in [-0.05, 0) is 19.5 Å². The highest BCUT2D eigenvalue weighted by molar-refractivity contribution is 5.82. The number of nitrogens with one attached hydrogen (secondary N) is 1. The molecule has 19 heavy (non-hydrogen) atoms. The van der Waals surface area contributed by atoms with Gasteiger partial charge in [-0.15, -0.1) is 0 Å². The topological polar surface area (TPSA) is 69.6 Å². The second-order valence-corrected chi connectivity index (χ2v) is 4.77. The van der Waals surface area contributed by atoms with Crippen molar-refractivity contribution < 1.29 is 14.7 Å². The highest BCUT2D eigenvalue weighted by Crippen LogP contribution is 2.06. The number of aliphatic carboxylic acids is 1. The van der Waals surface area contributed by atoms with E-state index in [0.717, 1.165) is 5.56 Å². The Balaban J connectivity index is 2.57. The molecular weight excluding hydrogens is 244 g/mol. The van der Waals surface area contributed by atoms with Gasteiger partial charge in [-0.1, -0.05) is 29.8 Å². The van der Waals surface area contributed by atoms with Crippen molar-refractivity contribution in [2.45, 2.75) is 26.4 Å². The largest absolute Gasteiger partial charge is 0.480 e. The van der Waals surface area contributed by atoms with Crippen molar-refractivity contribution in [3.05, 3.63) is 35.4 Å². The van der Waals surface area contributed by atoms with Gasteiger partial charge in [0.05, 0.1) is 0 Å². The molecule has 0 aliphatic carbocycles. The molecular formula is C14H20N2O3. The number of benzene rings is 1. The fourth-order valence-corrected chi connectivity index (χ4v) is 1.81. The maximum atomic E-state index is 11.0. The fourth-order valence-electron chi connectivity index (χ4n) is 1.81. The molecule has 0 heterocycles. The van der Waals surface area contributed by atoms with Crippen molar-refractivity contribution in [2.75, 3.05) is 13.6 Å². The summed E-state index contributed by atoms with van der Waals surface area (Å²) in [4.78, 5) is 23.8. The molecule has 1 aromatic rings. The summed E-state index contributed by atoms with van der Waals surface area (Å²) in [5.41, 5.74) is 2.30. The highest BCUT2D eigenvalue weighted by atomic mass is 16.4. The van der Waals surface area contributed by atoms with Crippen molar-refractivity contribution in [3.8, 4) is 0 Å². The van der Waals surface area contributed by atoms with Gasteiger partial charge < -0.3 is 10.4 Å². The van der Waals surface area contributed by atoms with Gasteiger partial charge in [0.15, 0.2) is 0 Å². The van der Waals surface area contributed by atoms with E-state index in [2.05, 4.69) is 5.32 Å². The quantitative estimate of drug-likeness (QED) is 0.804. The Labute approximate surface area is 113 Å². The third-order valence-electron chi connectivity index (χ3n) is 2.74. The molecule has 0 aromatic heterocycles. The van der Waals surface area contributed by atoms with Crippen molar-refractivity contribution in [1.29, 1.82) is 0 Å². The van der Waals surface area contributed by atoms with E-state index in [1.165, 1.54) is 12.5 Å². The first-order valence-corrected chi connectivity index (χ1v) is 6.12. The van der Waals surface area contributed by atoms with Crippen LogP contribution in [0.5, 0.6) is 0 Å². The maximum absolute atomic E-state index is 11.0. The number of carbonyl (C=O) groups excluding carboxylic acids is 1. The van der Waals surface area contributed by atoms with E-state index < -0.39 is 12.0 Å². The summed E-state index contributed by atoms with van der Waals surface area (Å²) in [6.45, 7) is 4.24. The summed E-state index contributed by atoms with van der Waals surface area (Å²) < 4.78 is 0.